The first-order valence-corrected chi connectivity index (χ1v) is 12.3. The predicted octanol–water partition coefficient (Wildman–Crippen LogP) is 6.80. The molecule has 34 heavy (non-hydrogen) atoms. The van der Waals surface area contributed by atoms with Crippen molar-refractivity contribution >= 4 is 46.7 Å². The Kier molecular flexibility index (Phi) is 7.77. The molecule has 0 atom stereocenters. The number of hydrogen-bond acceptors (Lipinski definition) is 4. The van der Waals surface area contributed by atoms with Crippen molar-refractivity contribution in [1.29, 1.82) is 0 Å². The van der Waals surface area contributed by atoms with Gasteiger partial charge in [-0.05, 0) is 49.7 Å². The number of nitrogens with zero attached hydrogens (tertiary/aromatic N) is 3. The van der Waals surface area contributed by atoms with E-state index in [1.54, 1.807) is 18.2 Å². The third kappa shape index (κ3) is 6.11. The van der Waals surface area contributed by atoms with Crippen LogP contribution in [0, 0.1) is 13.8 Å². The highest BCUT2D eigenvalue weighted by Gasteiger charge is 2.18. The Labute approximate surface area is 212 Å². The van der Waals surface area contributed by atoms with Gasteiger partial charge < -0.3 is 10.6 Å². The Balaban J connectivity index is 1.55. The molecule has 0 fully saturated rings. The number of carbonyl (C=O) groups excluding carboxylic acids is 1. The topological polar surface area (TPSA) is 71.8 Å². The van der Waals surface area contributed by atoms with Crippen LogP contribution in [0.5, 0.6) is 0 Å². The summed E-state index contributed by atoms with van der Waals surface area (Å²) in [5, 5.41) is 16.1. The Hall–Kier alpha value is -3.00. The van der Waals surface area contributed by atoms with Gasteiger partial charge in [-0.25, -0.2) is 4.79 Å². The normalized spacial score (nSPS) is 10.8. The fraction of sp³-hybridized carbons (Fsp3) is 0.160. The summed E-state index contributed by atoms with van der Waals surface area (Å²) in [7, 11) is 0. The SMILES string of the molecule is Cc1ccc(NC(=O)NCc2nnc(SCc3cccc(C)c3)n2-c2cc(Cl)ccc2Cl)cc1. The van der Waals surface area contributed by atoms with E-state index < -0.39 is 0 Å². The van der Waals surface area contributed by atoms with Crippen LogP contribution < -0.4 is 10.6 Å². The maximum Gasteiger partial charge on any atom is 0.319 e. The Morgan fingerprint density at radius 3 is 2.53 bits per heavy atom. The van der Waals surface area contributed by atoms with Gasteiger partial charge in [-0.3, -0.25) is 4.57 Å². The molecule has 0 aliphatic heterocycles. The van der Waals surface area contributed by atoms with E-state index in [0.717, 1.165) is 5.56 Å². The fourth-order valence-electron chi connectivity index (χ4n) is 3.33. The molecule has 3 aromatic carbocycles. The van der Waals surface area contributed by atoms with E-state index in [1.165, 1.54) is 22.9 Å². The van der Waals surface area contributed by atoms with Crippen molar-refractivity contribution in [3.8, 4) is 5.69 Å². The third-order valence-corrected chi connectivity index (χ3v) is 6.57. The summed E-state index contributed by atoms with van der Waals surface area (Å²) in [5.41, 5.74) is 4.85. The lowest BCUT2D eigenvalue weighted by atomic mass is 10.2. The van der Waals surface area contributed by atoms with Gasteiger partial charge in [-0.15, -0.1) is 10.2 Å². The van der Waals surface area contributed by atoms with Gasteiger partial charge in [0, 0.05) is 16.5 Å². The van der Waals surface area contributed by atoms with Gasteiger partial charge in [0.25, 0.3) is 0 Å². The monoisotopic (exact) mass is 511 g/mol. The van der Waals surface area contributed by atoms with Gasteiger partial charge in [0.1, 0.15) is 0 Å². The van der Waals surface area contributed by atoms with E-state index in [0.29, 0.717) is 38.2 Å². The van der Waals surface area contributed by atoms with E-state index >= 15 is 0 Å². The molecule has 0 bridgehead atoms. The number of nitrogens with one attached hydrogen (secondary N) is 2. The minimum Gasteiger partial charge on any atom is -0.331 e. The van der Waals surface area contributed by atoms with Gasteiger partial charge in [0.15, 0.2) is 11.0 Å². The molecule has 9 heteroatoms. The predicted molar refractivity (Wildman–Crippen MR) is 139 cm³/mol. The van der Waals surface area contributed by atoms with Gasteiger partial charge in [-0.1, -0.05) is 82.5 Å². The minimum atomic E-state index is -0.343. The maximum atomic E-state index is 12.5. The molecule has 0 saturated heterocycles. The molecule has 6 nitrogen and oxygen atoms in total. The first-order chi connectivity index (χ1) is 16.4. The number of aryl methyl sites for hydroxylation is 2. The van der Waals surface area contributed by atoms with Gasteiger partial charge in [-0.2, -0.15) is 0 Å². The van der Waals surface area contributed by atoms with E-state index in [-0.39, 0.29) is 12.6 Å². The van der Waals surface area contributed by atoms with Crippen molar-refractivity contribution in [1.82, 2.24) is 20.1 Å². The third-order valence-electron chi connectivity index (χ3n) is 5.02. The summed E-state index contributed by atoms with van der Waals surface area (Å²) in [4.78, 5) is 12.5. The quantitative estimate of drug-likeness (QED) is 0.267. The van der Waals surface area contributed by atoms with E-state index in [2.05, 4.69) is 46.0 Å². The molecule has 1 aromatic heterocycles. The Morgan fingerprint density at radius 1 is 0.971 bits per heavy atom. The molecule has 2 amide bonds. The summed E-state index contributed by atoms with van der Waals surface area (Å²) in [6, 6.07) is 20.8. The number of benzene rings is 3. The number of carbonyl (C=O) groups is 1. The highest BCUT2D eigenvalue weighted by atomic mass is 35.5. The Bertz CT molecular complexity index is 1310. The zero-order valence-corrected chi connectivity index (χ0v) is 21.0. The number of anilines is 1. The summed E-state index contributed by atoms with van der Waals surface area (Å²) in [6.45, 7) is 4.21. The molecular weight excluding hydrogens is 489 g/mol. The first-order valence-electron chi connectivity index (χ1n) is 10.6. The maximum absolute atomic E-state index is 12.5. The van der Waals surface area contributed by atoms with E-state index in [1.807, 2.05) is 41.8 Å². The molecule has 4 aromatic rings. The van der Waals surface area contributed by atoms with Crippen LogP contribution in [-0.4, -0.2) is 20.8 Å². The molecule has 1 heterocycles. The van der Waals surface area contributed by atoms with Crippen molar-refractivity contribution in [3.63, 3.8) is 0 Å². The number of urea groups is 1. The largest absolute Gasteiger partial charge is 0.331 e. The smallest absolute Gasteiger partial charge is 0.319 e. The summed E-state index contributed by atoms with van der Waals surface area (Å²) >= 11 is 14.3. The lowest BCUT2D eigenvalue weighted by Gasteiger charge is -2.13. The Morgan fingerprint density at radius 2 is 1.76 bits per heavy atom. The van der Waals surface area contributed by atoms with Crippen LogP contribution in [0.3, 0.4) is 0 Å². The average Bonchev–Trinajstić information content (AvgIpc) is 3.22. The van der Waals surface area contributed by atoms with Crippen molar-refractivity contribution in [3.05, 3.63) is 99.3 Å². The van der Waals surface area contributed by atoms with Crippen LogP contribution in [0.1, 0.15) is 22.5 Å². The van der Waals surface area contributed by atoms with Crippen LogP contribution in [-0.2, 0) is 12.3 Å². The lowest BCUT2D eigenvalue weighted by Crippen LogP contribution is -2.29. The summed E-state index contributed by atoms with van der Waals surface area (Å²) < 4.78 is 1.83. The molecule has 0 radical (unpaired) electrons. The van der Waals surface area contributed by atoms with Crippen LogP contribution in [0.25, 0.3) is 5.69 Å². The number of hydrogen-bond donors (Lipinski definition) is 2. The van der Waals surface area contributed by atoms with E-state index in [9.17, 15) is 4.79 Å². The van der Waals surface area contributed by atoms with Crippen LogP contribution in [0.15, 0.2) is 71.9 Å². The van der Waals surface area contributed by atoms with E-state index in [4.69, 9.17) is 23.2 Å². The number of thioether (sulfide) groups is 1. The molecule has 0 unspecified atom stereocenters. The van der Waals surface area contributed by atoms with Gasteiger partial charge >= 0.3 is 6.03 Å². The lowest BCUT2D eigenvalue weighted by molar-refractivity contribution is 0.251. The molecule has 0 aliphatic carbocycles. The molecule has 174 valence electrons. The number of halogens is 2. The second kappa shape index (κ2) is 11.0. The second-order valence-corrected chi connectivity index (χ2v) is 9.57. The second-order valence-electron chi connectivity index (χ2n) is 7.78. The number of rotatable bonds is 7. The van der Waals surface area contributed by atoms with Crippen LogP contribution in [0.2, 0.25) is 10.0 Å². The fourth-order valence-corrected chi connectivity index (χ4v) is 4.60. The highest BCUT2D eigenvalue weighted by Crippen LogP contribution is 2.31. The molecule has 2 N–H and O–H groups in total. The van der Waals surface area contributed by atoms with Gasteiger partial charge in [0.2, 0.25) is 0 Å². The number of amides is 2. The molecule has 0 saturated carbocycles. The zero-order chi connectivity index (χ0) is 24.1. The van der Waals surface area contributed by atoms with Crippen LogP contribution >= 0.6 is 35.0 Å². The molecule has 0 spiro atoms. The summed E-state index contributed by atoms with van der Waals surface area (Å²) in [6.07, 6.45) is 0. The van der Waals surface area contributed by atoms with Gasteiger partial charge in [0.05, 0.1) is 17.3 Å². The molecule has 0 aliphatic rings. The standard InChI is InChI=1S/C25H23Cl2N5OS/c1-16-6-9-20(10-7-16)29-24(33)28-14-23-30-31-25(34-15-18-5-3-4-17(2)12-18)32(23)22-13-19(26)8-11-21(22)27/h3-13H,14-15H2,1-2H3,(H2,28,29,33). The van der Waals surface area contributed by atoms with Crippen molar-refractivity contribution in [2.75, 3.05) is 5.32 Å². The number of aromatic nitrogens is 3. The van der Waals surface area contributed by atoms with Crippen molar-refractivity contribution in [2.45, 2.75) is 31.3 Å². The summed E-state index contributed by atoms with van der Waals surface area (Å²) in [5.74, 6) is 1.24. The van der Waals surface area contributed by atoms with Crippen molar-refractivity contribution < 1.29 is 4.79 Å². The zero-order valence-electron chi connectivity index (χ0n) is 18.7. The average molecular weight is 512 g/mol. The first kappa shape index (κ1) is 24.1. The van der Waals surface area contributed by atoms with Crippen molar-refractivity contribution in [2.24, 2.45) is 0 Å². The molecular formula is C25H23Cl2N5OS. The minimum absolute atomic E-state index is 0.151. The molecule has 4 rings (SSSR count). The van der Waals surface area contributed by atoms with Crippen LogP contribution in [0.4, 0.5) is 10.5 Å². The highest BCUT2D eigenvalue weighted by molar-refractivity contribution is 7.98.